The first kappa shape index (κ1) is 12.6. The SMILES string of the molecule is COc1nc(N)nc(CCSc2ccccc2)n1. The van der Waals surface area contributed by atoms with Gasteiger partial charge >= 0.3 is 6.01 Å². The van der Waals surface area contributed by atoms with Crippen LogP contribution in [0, 0.1) is 0 Å². The summed E-state index contributed by atoms with van der Waals surface area (Å²) in [5.41, 5.74) is 5.57. The van der Waals surface area contributed by atoms with E-state index >= 15 is 0 Å². The second kappa shape index (κ2) is 6.20. The number of benzene rings is 1. The predicted molar refractivity (Wildman–Crippen MR) is 71.7 cm³/mol. The average molecular weight is 262 g/mol. The molecule has 2 rings (SSSR count). The molecule has 0 aliphatic rings. The Balaban J connectivity index is 1.92. The molecular formula is C12H14N4OS. The van der Waals surface area contributed by atoms with Crippen LogP contribution in [0.15, 0.2) is 35.2 Å². The lowest BCUT2D eigenvalue weighted by atomic mass is 10.4. The van der Waals surface area contributed by atoms with Gasteiger partial charge in [-0.15, -0.1) is 11.8 Å². The largest absolute Gasteiger partial charge is 0.467 e. The fourth-order valence-electron chi connectivity index (χ4n) is 1.40. The molecule has 0 radical (unpaired) electrons. The standard InChI is InChI=1S/C12H14N4OS/c1-17-12-15-10(14-11(13)16-12)7-8-18-9-5-3-2-4-6-9/h2-6H,7-8H2,1H3,(H2,13,14,15,16). The third kappa shape index (κ3) is 3.59. The van der Waals surface area contributed by atoms with E-state index in [2.05, 4.69) is 27.1 Å². The monoisotopic (exact) mass is 262 g/mol. The Bertz CT molecular complexity index is 507. The van der Waals surface area contributed by atoms with Gasteiger partial charge in [-0.3, -0.25) is 0 Å². The van der Waals surface area contributed by atoms with E-state index in [4.69, 9.17) is 10.5 Å². The van der Waals surface area contributed by atoms with Gasteiger partial charge in [-0.1, -0.05) is 18.2 Å². The van der Waals surface area contributed by atoms with E-state index in [1.54, 1.807) is 11.8 Å². The van der Waals surface area contributed by atoms with Crippen molar-refractivity contribution in [3.63, 3.8) is 0 Å². The minimum absolute atomic E-state index is 0.196. The molecule has 18 heavy (non-hydrogen) atoms. The Hall–Kier alpha value is -1.82. The third-order valence-electron chi connectivity index (χ3n) is 2.20. The lowest BCUT2D eigenvalue weighted by Crippen LogP contribution is -2.06. The van der Waals surface area contributed by atoms with E-state index in [9.17, 15) is 0 Å². The lowest BCUT2D eigenvalue weighted by Gasteiger charge is -2.03. The Morgan fingerprint density at radius 3 is 2.67 bits per heavy atom. The summed E-state index contributed by atoms with van der Waals surface area (Å²) in [5.74, 6) is 1.74. The van der Waals surface area contributed by atoms with Gasteiger partial charge < -0.3 is 10.5 Å². The Morgan fingerprint density at radius 2 is 1.94 bits per heavy atom. The van der Waals surface area contributed by atoms with E-state index in [1.807, 2.05) is 18.2 Å². The topological polar surface area (TPSA) is 73.9 Å². The van der Waals surface area contributed by atoms with Gasteiger partial charge in [-0.05, 0) is 12.1 Å². The van der Waals surface area contributed by atoms with Gasteiger partial charge in [0.2, 0.25) is 5.95 Å². The molecule has 1 heterocycles. The van der Waals surface area contributed by atoms with Crippen molar-refractivity contribution in [2.75, 3.05) is 18.6 Å². The van der Waals surface area contributed by atoms with Gasteiger partial charge in [0, 0.05) is 17.1 Å². The van der Waals surface area contributed by atoms with Crippen molar-refractivity contribution < 1.29 is 4.74 Å². The molecule has 0 saturated heterocycles. The van der Waals surface area contributed by atoms with Crippen molar-refractivity contribution in [3.05, 3.63) is 36.2 Å². The highest BCUT2D eigenvalue weighted by atomic mass is 32.2. The second-order valence-electron chi connectivity index (χ2n) is 3.51. The number of nitrogens with two attached hydrogens (primary N) is 1. The number of nitrogen functional groups attached to an aromatic ring is 1. The first-order valence-electron chi connectivity index (χ1n) is 5.50. The molecule has 0 spiro atoms. The average Bonchev–Trinajstić information content (AvgIpc) is 2.39. The van der Waals surface area contributed by atoms with Crippen molar-refractivity contribution in [1.82, 2.24) is 15.0 Å². The van der Waals surface area contributed by atoms with Crippen molar-refractivity contribution in [2.24, 2.45) is 0 Å². The molecule has 0 fully saturated rings. The van der Waals surface area contributed by atoms with Crippen LogP contribution < -0.4 is 10.5 Å². The number of hydrogen-bond acceptors (Lipinski definition) is 6. The highest BCUT2D eigenvalue weighted by molar-refractivity contribution is 7.99. The third-order valence-corrected chi connectivity index (χ3v) is 3.21. The molecular weight excluding hydrogens is 248 g/mol. The van der Waals surface area contributed by atoms with Crippen LogP contribution in [0.2, 0.25) is 0 Å². The van der Waals surface area contributed by atoms with E-state index in [-0.39, 0.29) is 12.0 Å². The van der Waals surface area contributed by atoms with Gasteiger partial charge in [0.1, 0.15) is 5.82 Å². The first-order chi connectivity index (χ1) is 8.78. The van der Waals surface area contributed by atoms with Crippen molar-refractivity contribution in [2.45, 2.75) is 11.3 Å². The summed E-state index contributed by atoms with van der Waals surface area (Å²) < 4.78 is 4.95. The first-order valence-corrected chi connectivity index (χ1v) is 6.49. The van der Waals surface area contributed by atoms with Crippen LogP contribution in [0.1, 0.15) is 5.82 Å². The molecule has 0 saturated carbocycles. The number of aromatic nitrogens is 3. The molecule has 0 aliphatic heterocycles. The summed E-state index contributed by atoms with van der Waals surface area (Å²) in [6.45, 7) is 0. The smallest absolute Gasteiger partial charge is 0.321 e. The molecule has 1 aromatic carbocycles. The molecule has 5 nitrogen and oxygen atoms in total. The van der Waals surface area contributed by atoms with Gasteiger partial charge in [-0.2, -0.15) is 15.0 Å². The maximum Gasteiger partial charge on any atom is 0.321 e. The summed E-state index contributed by atoms with van der Waals surface area (Å²) >= 11 is 1.75. The molecule has 94 valence electrons. The van der Waals surface area contributed by atoms with Crippen LogP contribution in [-0.4, -0.2) is 27.8 Å². The number of hydrogen-bond donors (Lipinski definition) is 1. The molecule has 1 aromatic heterocycles. The molecule has 0 aliphatic carbocycles. The number of anilines is 1. The van der Waals surface area contributed by atoms with Crippen molar-refractivity contribution in [1.29, 1.82) is 0 Å². The minimum Gasteiger partial charge on any atom is -0.467 e. The van der Waals surface area contributed by atoms with Crippen LogP contribution in [0.5, 0.6) is 6.01 Å². The number of nitrogens with zero attached hydrogens (tertiary/aromatic N) is 3. The quantitative estimate of drug-likeness (QED) is 0.828. The molecule has 0 bridgehead atoms. The molecule has 6 heteroatoms. The predicted octanol–water partition coefficient (Wildman–Crippen LogP) is 1.80. The molecule has 2 aromatic rings. The fraction of sp³-hybridized carbons (Fsp3) is 0.250. The van der Waals surface area contributed by atoms with E-state index in [0.29, 0.717) is 5.82 Å². The van der Waals surface area contributed by atoms with Gasteiger partial charge in [0.05, 0.1) is 7.11 Å². The Kier molecular flexibility index (Phi) is 4.35. The van der Waals surface area contributed by atoms with Crippen molar-refractivity contribution in [3.8, 4) is 6.01 Å². The zero-order chi connectivity index (χ0) is 12.8. The van der Waals surface area contributed by atoms with E-state index in [1.165, 1.54) is 12.0 Å². The summed E-state index contributed by atoms with van der Waals surface area (Å²) in [6, 6.07) is 10.5. The molecule has 2 N–H and O–H groups in total. The zero-order valence-corrected chi connectivity index (χ0v) is 10.9. The molecule has 0 atom stereocenters. The maximum atomic E-state index is 5.57. The van der Waals surface area contributed by atoms with E-state index in [0.717, 1.165) is 12.2 Å². The van der Waals surface area contributed by atoms with Crippen LogP contribution in [0.3, 0.4) is 0 Å². The summed E-state index contributed by atoms with van der Waals surface area (Å²) in [7, 11) is 1.51. The lowest BCUT2D eigenvalue weighted by molar-refractivity contribution is 0.377. The minimum atomic E-state index is 0.196. The summed E-state index contributed by atoms with van der Waals surface area (Å²) in [6.07, 6.45) is 0.725. The fourth-order valence-corrected chi connectivity index (χ4v) is 2.27. The van der Waals surface area contributed by atoms with Gasteiger partial charge in [-0.25, -0.2) is 0 Å². The normalized spacial score (nSPS) is 10.3. The van der Waals surface area contributed by atoms with Crippen LogP contribution in [0.4, 0.5) is 5.95 Å². The van der Waals surface area contributed by atoms with Crippen LogP contribution >= 0.6 is 11.8 Å². The maximum absolute atomic E-state index is 5.57. The number of methoxy groups -OCH3 is 1. The summed E-state index contributed by atoms with van der Waals surface area (Å²) in [4.78, 5) is 13.3. The second-order valence-corrected chi connectivity index (χ2v) is 4.68. The zero-order valence-electron chi connectivity index (χ0n) is 10.0. The number of rotatable bonds is 5. The summed E-state index contributed by atoms with van der Waals surface area (Å²) in [5, 5.41) is 0. The highest BCUT2D eigenvalue weighted by Gasteiger charge is 2.04. The Labute approximate surface area is 110 Å². The Morgan fingerprint density at radius 1 is 1.17 bits per heavy atom. The molecule has 0 amide bonds. The highest BCUT2D eigenvalue weighted by Crippen LogP contribution is 2.18. The number of aryl methyl sites for hydroxylation is 1. The molecule has 0 unspecified atom stereocenters. The number of thioether (sulfide) groups is 1. The van der Waals surface area contributed by atoms with Gasteiger partial charge in [0.15, 0.2) is 0 Å². The van der Waals surface area contributed by atoms with Crippen LogP contribution in [0.25, 0.3) is 0 Å². The van der Waals surface area contributed by atoms with Crippen LogP contribution in [-0.2, 0) is 6.42 Å². The van der Waals surface area contributed by atoms with Crippen molar-refractivity contribution >= 4 is 17.7 Å². The van der Waals surface area contributed by atoms with Gasteiger partial charge in [0.25, 0.3) is 0 Å². The number of ether oxygens (including phenoxy) is 1. The van der Waals surface area contributed by atoms with E-state index < -0.39 is 0 Å².